The van der Waals surface area contributed by atoms with E-state index in [4.69, 9.17) is 23.2 Å². The van der Waals surface area contributed by atoms with Gasteiger partial charge in [0.1, 0.15) is 4.90 Å². The third-order valence-corrected chi connectivity index (χ3v) is 9.02. The molecule has 0 radical (unpaired) electrons. The topological polar surface area (TPSA) is 128 Å². The van der Waals surface area contributed by atoms with E-state index >= 15 is 0 Å². The molecule has 0 aliphatic carbocycles. The van der Waals surface area contributed by atoms with Crippen LogP contribution in [0.3, 0.4) is 0 Å². The largest absolute Gasteiger partial charge is 0.348 e. The van der Waals surface area contributed by atoms with Crippen molar-refractivity contribution in [3.63, 3.8) is 0 Å². The normalized spacial score (nSPS) is 14.1. The minimum atomic E-state index is -4.04. The van der Waals surface area contributed by atoms with Crippen molar-refractivity contribution in [2.75, 3.05) is 45.8 Å². The predicted molar refractivity (Wildman–Crippen MR) is 148 cm³/mol. The molecule has 0 spiro atoms. The number of aromatic nitrogens is 2. The lowest BCUT2D eigenvalue weighted by atomic mass is 10.2. The number of carbonyl (C=O) groups is 2. The predicted octanol–water partition coefficient (Wildman–Crippen LogP) is 2.76. The number of sulfonamides is 1. The number of halogens is 2. The molecule has 3 N–H and O–H groups in total. The Labute approximate surface area is 234 Å². The van der Waals surface area contributed by atoms with Gasteiger partial charge in [-0.05, 0) is 82.8 Å². The molecule has 0 unspecified atom stereocenters. The number of nitrogens with zero attached hydrogens (tertiary/aromatic N) is 3. The summed E-state index contributed by atoms with van der Waals surface area (Å²) >= 11 is 12.1. The van der Waals surface area contributed by atoms with Gasteiger partial charge in [0.2, 0.25) is 21.8 Å². The average molecular weight is 588 g/mol. The molecule has 13 heteroatoms. The highest BCUT2D eigenvalue weighted by atomic mass is 35.5. The Morgan fingerprint density at radius 2 is 1.84 bits per heavy atom. The standard InChI is InChI=1S/C25H36Cl2N6O4S/c1-19-21(26)8-9-22(25(19)27)38(36,37)31-16-23(34)29-17-24(35)33(14-6-7-20-15-28-18-30-20)13-5-4-12-32-10-2-3-11-32/h8-9,15,18,31H,2-7,10-14,16-17H2,1H3,(H,28,30)(H,29,34). The zero-order valence-electron chi connectivity index (χ0n) is 21.6. The quantitative estimate of drug-likeness (QED) is 0.275. The van der Waals surface area contributed by atoms with E-state index in [-0.39, 0.29) is 22.4 Å². The van der Waals surface area contributed by atoms with Gasteiger partial charge in [-0.3, -0.25) is 9.59 Å². The number of aromatic amines is 1. The van der Waals surface area contributed by atoms with Gasteiger partial charge in [-0.1, -0.05) is 23.2 Å². The molecule has 1 aromatic carbocycles. The van der Waals surface area contributed by atoms with Gasteiger partial charge < -0.3 is 20.1 Å². The Kier molecular flexibility index (Phi) is 11.9. The first-order valence-electron chi connectivity index (χ1n) is 12.9. The van der Waals surface area contributed by atoms with Crippen molar-refractivity contribution in [2.45, 2.75) is 50.3 Å². The van der Waals surface area contributed by atoms with Gasteiger partial charge in [0, 0.05) is 30.0 Å². The fraction of sp³-hybridized carbons (Fsp3) is 0.560. The molecule has 3 rings (SSSR count). The van der Waals surface area contributed by atoms with Crippen molar-refractivity contribution in [3.8, 4) is 0 Å². The Morgan fingerprint density at radius 3 is 2.55 bits per heavy atom. The number of hydrogen-bond donors (Lipinski definition) is 3. The summed E-state index contributed by atoms with van der Waals surface area (Å²) < 4.78 is 27.5. The van der Waals surface area contributed by atoms with E-state index in [0.29, 0.717) is 23.7 Å². The monoisotopic (exact) mass is 586 g/mol. The zero-order chi connectivity index (χ0) is 27.5. The lowest BCUT2D eigenvalue weighted by Crippen LogP contribution is -2.44. The third-order valence-electron chi connectivity index (χ3n) is 6.57. The number of nitrogens with one attached hydrogen (secondary N) is 3. The molecule has 10 nitrogen and oxygen atoms in total. The first-order chi connectivity index (χ1) is 18.2. The van der Waals surface area contributed by atoms with Gasteiger partial charge in [0.15, 0.2) is 0 Å². The van der Waals surface area contributed by atoms with Crippen LogP contribution in [-0.4, -0.2) is 85.8 Å². The maximum Gasteiger partial charge on any atom is 0.242 e. The summed E-state index contributed by atoms with van der Waals surface area (Å²) in [7, 11) is -4.04. The summed E-state index contributed by atoms with van der Waals surface area (Å²) in [5.74, 6) is -0.821. The minimum absolute atomic E-state index is 0.00362. The lowest BCUT2D eigenvalue weighted by molar-refractivity contribution is -0.132. The number of imidazole rings is 1. The van der Waals surface area contributed by atoms with Gasteiger partial charge in [0.25, 0.3) is 0 Å². The molecular formula is C25H36Cl2N6O4S. The first kappa shape index (κ1) is 30.4. The molecule has 0 atom stereocenters. The molecule has 1 aliphatic rings. The molecule has 210 valence electrons. The van der Waals surface area contributed by atoms with Crippen molar-refractivity contribution >= 4 is 45.0 Å². The Balaban J connectivity index is 1.47. The number of H-pyrrole nitrogens is 1. The summed E-state index contributed by atoms with van der Waals surface area (Å²) in [4.78, 5) is 36.4. The summed E-state index contributed by atoms with van der Waals surface area (Å²) in [5.41, 5.74) is 1.43. The van der Waals surface area contributed by atoms with Crippen LogP contribution < -0.4 is 10.0 Å². The van der Waals surface area contributed by atoms with Crippen molar-refractivity contribution in [3.05, 3.63) is 46.0 Å². The molecule has 1 saturated heterocycles. The second-order valence-electron chi connectivity index (χ2n) is 9.40. The first-order valence-corrected chi connectivity index (χ1v) is 15.1. The zero-order valence-corrected chi connectivity index (χ0v) is 24.0. The van der Waals surface area contributed by atoms with Crippen LogP contribution in [0.2, 0.25) is 10.0 Å². The van der Waals surface area contributed by atoms with Gasteiger partial charge in [0.05, 0.1) is 24.4 Å². The molecule has 1 aromatic heterocycles. The van der Waals surface area contributed by atoms with Crippen LogP contribution in [0.25, 0.3) is 0 Å². The van der Waals surface area contributed by atoms with Crippen LogP contribution in [0.15, 0.2) is 29.6 Å². The molecule has 1 fully saturated rings. The van der Waals surface area contributed by atoms with Crippen LogP contribution in [0.1, 0.15) is 43.4 Å². The molecule has 0 saturated carbocycles. The summed E-state index contributed by atoms with van der Waals surface area (Å²) in [6.07, 6.45) is 9.30. The number of carbonyl (C=O) groups excluding carboxylic acids is 2. The number of aryl methyl sites for hydroxylation is 1. The second-order valence-corrected chi connectivity index (χ2v) is 11.9. The van der Waals surface area contributed by atoms with E-state index in [9.17, 15) is 18.0 Å². The smallest absolute Gasteiger partial charge is 0.242 e. The van der Waals surface area contributed by atoms with Crippen molar-refractivity contribution in [1.29, 1.82) is 0 Å². The molecular weight excluding hydrogens is 551 g/mol. The maximum atomic E-state index is 12.9. The van der Waals surface area contributed by atoms with Gasteiger partial charge >= 0.3 is 0 Å². The molecule has 0 bridgehead atoms. The van der Waals surface area contributed by atoms with Gasteiger partial charge in [-0.25, -0.2) is 18.1 Å². The number of benzene rings is 1. The molecule has 2 aromatic rings. The van der Waals surface area contributed by atoms with E-state index in [1.54, 1.807) is 24.3 Å². The van der Waals surface area contributed by atoms with E-state index < -0.39 is 22.5 Å². The lowest BCUT2D eigenvalue weighted by Gasteiger charge is -2.23. The number of amides is 2. The van der Waals surface area contributed by atoms with Crippen LogP contribution in [0.4, 0.5) is 0 Å². The average Bonchev–Trinajstić information content (AvgIpc) is 3.60. The Morgan fingerprint density at radius 1 is 1.11 bits per heavy atom. The minimum Gasteiger partial charge on any atom is -0.348 e. The number of unbranched alkanes of at least 4 members (excludes halogenated alkanes) is 1. The van der Waals surface area contributed by atoms with Crippen LogP contribution in [0, 0.1) is 6.92 Å². The fourth-order valence-corrected chi connectivity index (χ4v) is 6.11. The molecule has 38 heavy (non-hydrogen) atoms. The van der Waals surface area contributed by atoms with E-state index in [1.807, 2.05) is 0 Å². The molecule has 2 amide bonds. The third kappa shape index (κ3) is 9.23. The van der Waals surface area contributed by atoms with Crippen molar-refractivity contribution in [1.82, 2.24) is 29.8 Å². The van der Waals surface area contributed by atoms with E-state index in [2.05, 4.69) is 24.9 Å². The van der Waals surface area contributed by atoms with Crippen LogP contribution in [-0.2, 0) is 26.0 Å². The van der Waals surface area contributed by atoms with E-state index in [0.717, 1.165) is 51.0 Å². The highest BCUT2D eigenvalue weighted by Crippen LogP contribution is 2.30. The maximum absolute atomic E-state index is 12.9. The summed E-state index contributed by atoms with van der Waals surface area (Å²) in [5, 5.41) is 2.86. The molecule has 2 heterocycles. The number of likely N-dealkylation sites (tertiary alicyclic amines) is 1. The van der Waals surface area contributed by atoms with Crippen molar-refractivity contribution in [2.24, 2.45) is 0 Å². The Hall–Kier alpha value is -2.18. The van der Waals surface area contributed by atoms with Crippen LogP contribution >= 0.6 is 23.2 Å². The van der Waals surface area contributed by atoms with Crippen molar-refractivity contribution < 1.29 is 18.0 Å². The highest BCUT2D eigenvalue weighted by Gasteiger charge is 2.22. The SMILES string of the molecule is Cc1c(Cl)ccc(S(=O)(=O)NCC(=O)NCC(=O)N(CCCCN2CCCC2)CCCc2cnc[nH]2)c1Cl. The van der Waals surface area contributed by atoms with E-state index in [1.165, 1.54) is 25.0 Å². The summed E-state index contributed by atoms with van der Waals surface area (Å²) in [6.45, 7) is 5.35. The van der Waals surface area contributed by atoms with Gasteiger partial charge in [-0.15, -0.1) is 0 Å². The number of hydrogen-bond acceptors (Lipinski definition) is 6. The Bertz CT molecular complexity index is 1170. The second kappa shape index (κ2) is 14.8. The molecule has 1 aliphatic heterocycles. The van der Waals surface area contributed by atoms with Crippen LogP contribution in [0.5, 0.6) is 0 Å². The highest BCUT2D eigenvalue weighted by molar-refractivity contribution is 7.89. The summed E-state index contributed by atoms with van der Waals surface area (Å²) in [6, 6.07) is 2.72. The fourth-order valence-electron chi connectivity index (χ4n) is 4.32. The number of rotatable bonds is 15. The van der Waals surface area contributed by atoms with Gasteiger partial charge in [-0.2, -0.15) is 0 Å².